The number of carbonyl (C=O) groups excluding carboxylic acids is 2. The van der Waals surface area contributed by atoms with Crippen LogP contribution < -0.4 is 14.8 Å². The van der Waals surface area contributed by atoms with Crippen LogP contribution >= 0.6 is 0 Å². The van der Waals surface area contributed by atoms with E-state index in [1.165, 1.54) is 0 Å². The zero-order valence-electron chi connectivity index (χ0n) is 16.8. The summed E-state index contributed by atoms with van der Waals surface area (Å²) in [6, 6.07) is 16.4. The van der Waals surface area contributed by atoms with E-state index < -0.39 is 6.04 Å². The fourth-order valence-corrected chi connectivity index (χ4v) is 3.39. The summed E-state index contributed by atoms with van der Waals surface area (Å²) in [5, 5.41) is 2.92. The average molecular weight is 396 g/mol. The molecule has 3 rings (SSSR count). The van der Waals surface area contributed by atoms with Crippen LogP contribution in [0.1, 0.15) is 31.7 Å². The molecular formula is C23H28N2O4. The number of benzene rings is 2. The van der Waals surface area contributed by atoms with Gasteiger partial charge in [-0.2, -0.15) is 0 Å². The normalized spacial score (nSPS) is 16.4. The zero-order chi connectivity index (χ0) is 20.5. The second-order valence-electron chi connectivity index (χ2n) is 7.00. The van der Waals surface area contributed by atoms with E-state index in [9.17, 15) is 9.59 Å². The van der Waals surface area contributed by atoms with Crippen molar-refractivity contribution in [2.24, 2.45) is 0 Å². The van der Waals surface area contributed by atoms with Crippen LogP contribution in [0.25, 0.3) is 0 Å². The van der Waals surface area contributed by atoms with Crippen molar-refractivity contribution in [2.75, 3.05) is 19.8 Å². The summed E-state index contributed by atoms with van der Waals surface area (Å²) < 4.78 is 11.1. The quantitative estimate of drug-likeness (QED) is 0.744. The van der Waals surface area contributed by atoms with Crippen molar-refractivity contribution < 1.29 is 19.1 Å². The van der Waals surface area contributed by atoms with E-state index >= 15 is 0 Å². The first-order valence-electron chi connectivity index (χ1n) is 10.1. The van der Waals surface area contributed by atoms with Gasteiger partial charge in [0.15, 0.2) is 6.61 Å². The third-order valence-electron chi connectivity index (χ3n) is 4.90. The molecule has 2 aromatic carbocycles. The molecule has 0 bridgehead atoms. The lowest BCUT2D eigenvalue weighted by molar-refractivity contribution is -0.142. The third-order valence-corrected chi connectivity index (χ3v) is 4.90. The Balaban J connectivity index is 1.74. The second-order valence-corrected chi connectivity index (χ2v) is 7.00. The molecule has 1 saturated heterocycles. The smallest absolute Gasteiger partial charge is 0.261 e. The van der Waals surface area contributed by atoms with Crippen molar-refractivity contribution in [3.8, 4) is 11.5 Å². The molecule has 0 spiro atoms. The van der Waals surface area contributed by atoms with Crippen LogP contribution in [0.3, 0.4) is 0 Å². The molecule has 1 heterocycles. The highest BCUT2D eigenvalue weighted by Gasteiger charge is 2.31. The molecule has 1 N–H and O–H groups in total. The molecule has 6 heteroatoms. The molecule has 0 unspecified atom stereocenters. The molecule has 1 aliphatic rings. The second kappa shape index (κ2) is 10.5. The number of carbonyl (C=O) groups is 2. The lowest BCUT2D eigenvalue weighted by Crippen LogP contribution is -2.49. The Morgan fingerprint density at radius 2 is 1.76 bits per heavy atom. The van der Waals surface area contributed by atoms with Crippen molar-refractivity contribution >= 4 is 11.8 Å². The van der Waals surface area contributed by atoms with Crippen LogP contribution in [0.15, 0.2) is 54.6 Å². The minimum absolute atomic E-state index is 0.0958. The topological polar surface area (TPSA) is 67.9 Å². The van der Waals surface area contributed by atoms with Gasteiger partial charge < -0.3 is 19.7 Å². The molecule has 1 atom stereocenters. The van der Waals surface area contributed by atoms with Gasteiger partial charge in [-0.15, -0.1) is 0 Å². The predicted octanol–water partition coefficient (Wildman–Crippen LogP) is 3.16. The summed E-state index contributed by atoms with van der Waals surface area (Å²) in [6.07, 6.45) is 2.48. The number of nitrogens with one attached hydrogen (secondary N) is 1. The molecule has 1 aliphatic heterocycles. The standard InChI is InChI=1S/C23H28N2O4/c1-2-28-20-13-11-18(12-14-20)16-25(21-10-6-7-15-24-23(21)27)22(26)17-29-19-8-4-3-5-9-19/h3-5,8-9,11-14,21H,2,6-7,10,15-17H2,1H3,(H,24,27)/t21-/m0/s1. The fraction of sp³-hybridized carbons (Fsp3) is 0.391. The summed E-state index contributed by atoms with van der Waals surface area (Å²) in [5.41, 5.74) is 0.943. The molecule has 0 aliphatic carbocycles. The van der Waals surface area contributed by atoms with Gasteiger partial charge in [-0.1, -0.05) is 30.3 Å². The van der Waals surface area contributed by atoms with Gasteiger partial charge in [0, 0.05) is 13.1 Å². The maximum Gasteiger partial charge on any atom is 0.261 e. The first kappa shape index (κ1) is 20.7. The molecule has 29 heavy (non-hydrogen) atoms. The number of para-hydroxylation sites is 1. The number of rotatable bonds is 8. The van der Waals surface area contributed by atoms with E-state index in [1.54, 1.807) is 4.90 Å². The number of ether oxygens (including phenoxy) is 2. The molecule has 1 fully saturated rings. The number of nitrogens with zero attached hydrogens (tertiary/aromatic N) is 1. The number of amides is 2. The van der Waals surface area contributed by atoms with Gasteiger partial charge >= 0.3 is 0 Å². The van der Waals surface area contributed by atoms with Gasteiger partial charge in [0.1, 0.15) is 17.5 Å². The Morgan fingerprint density at radius 1 is 1.03 bits per heavy atom. The van der Waals surface area contributed by atoms with Crippen LogP contribution in [0, 0.1) is 0 Å². The first-order valence-corrected chi connectivity index (χ1v) is 10.1. The first-order chi connectivity index (χ1) is 14.2. The number of hydrogen-bond acceptors (Lipinski definition) is 4. The van der Waals surface area contributed by atoms with E-state index in [4.69, 9.17) is 9.47 Å². The van der Waals surface area contributed by atoms with Crippen molar-refractivity contribution in [1.82, 2.24) is 10.2 Å². The van der Waals surface area contributed by atoms with Crippen LogP contribution in [-0.4, -0.2) is 42.5 Å². The third kappa shape index (κ3) is 5.98. The summed E-state index contributed by atoms with van der Waals surface area (Å²) in [4.78, 5) is 27.3. The average Bonchev–Trinajstić information content (AvgIpc) is 2.96. The highest BCUT2D eigenvalue weighted by atomic mass is 16.5. The molecule has 0 aromatic heterocycles. The zero-order valence-corrected chi connectivity index (χ0v) is 16.8. The monoisotopic (exact) mass is 396 g/mol. The predicted molar refractivity (Wildman–Crippen MR) is 111 cm³/mol. The van der Waals surface area contributed by atoms with Gasteiger partial charge in [0.2, 0.25) is 5.91 Å². The molecule has 0 radical (unpaired) electrons. The molecule has 2 amide bonds. The molecule has 6 nitrogen and oxygen atoms in total. The van der Waals surface area contributed by atoms with Crippen molar-refractivity contribution in [3.05, 3.63) is 60.2 Å². The summed E-state index contributed by atoms with van der Waals surface area (Å²) in [6.45, 7) is 3.43. The van der Waals surface area contributed by atoms with E-state index in [0.29, 0.717) is 31.9 Å². The molecule has 0 saturated carbocycles. The fourth-order valence-electron chi connectivity index (χ4n) is 3.39. The van der Waals surface area contributed by atoms with Crippen LogP contribution in [0.5, 0.6) is 11.5 Å². The van der Waals surface area contributed by atoms with Crippen molar-refractivity contribution in [3.63, 3.8) is 0 Å². The highest BCUT2D eigenvalue weighted by Crippen LogP contribution is 2.19. The molecular weight excluding hydrogens is 368 g/mol. The lowest BCUT2D eigenvalue weighted by Gasteiger charge is -2.30. The van der Waals surface area contributed by atoms with Crippen molar-refractivity contribution in [2.45, 2.75) is 38.8 Å². The van der Waals surface area contributed by atoms with Gasteiger partial charge in [-0.3, -0.25) is 9.59 Å². The SMILES string of the molecule is CCOc1ccc(CN(C(=O)COc2ccccc2)[C@H]2CCCCNC2=O)cc1. The Hall–Kier alpha value is -3.02. The maximum atomic E-state index is 13.0. The van der Waals surface area contributed by atoms with Crippen molar-refractivity contribution in [1.29, 1.82) is 0 Å². The Kier molecular flexibility index (Phi) is 7.50. The van der Waals surface area contributed by atoms with Gasteiger partial charge in [-0.05, 0) is 56.0 Å². The van der Waals surface area contributed by atoms with E-state index in [0.717, 1.165) is 24.2 Å². The Labute approximate surface area is 171 Å². The molecule has 154 valence electrons. The number of hydrogen-bond donors (Lipinski definition) is 1. The summed E-state index contributed by atoms with van der Waals surface area (Å²) in [5.74, 6) is 1.12. The van der Waals surface area contributed by atoms with Crippen LogP contribution in [-0.2, 0) is 16.1 Å². The van der Waals surface area contributed by atoms with Gasteiger partial charge in [0.05, 0.1) is 6.61 Å². The van der Waals surface area contributed by atoms with Crippen LogP contribution in [0.2, 0.25) is 0 Å². The minimum Gasteiger partial charge on any atom is -0.494 e. The maximum absolute atomic E-state index is 13.0. The molecule has 2 aromatic rings. The van der Waals surface area contributed by atoms with E-state index in [-0.39, 0.29) is 18.4 Å². The Morgan fingerprint density at radius 3 is 2.48 bits per heavy atom. The van der Waals surface area contributed by atoms with Gasteiger partial charge in [0.25, 0.3) is 5.91 Å². The van der Waals surface area contributed by atoms with E-state index in [2.05, 4.69) is 5.32 Å². The van der Waals surface area contributed by atoms with Crippen LogP contribution in [0.4, 0.5) is 0 Å². The summed E-state index contributed by atoms with van der Waals surface area (Å²) >= 11 is 0. The summed E-state index contributed by atoms with van der Waals surface area (Å²) in [7, 11) is 0. The van der Waals surface area contributed by atoms with E-state index in [1.807, 2.05) is 61.5 Å². The Bertz CT molecular complexity index is 792. The van der Waals surface area contributed by atoms with Gasteiger partial charge in [-0.25, -0.2) is 0 Å². The highest BCUT2D eigenvalue weighted by molar-refractivity contribution is 5.88. The largest absolute Gasteiger partial charge is 0.494 e. The lowest BCUT2D eigenvalue weighted by atomic mass is 10.1. The minimum atomic E-state index is -0.490.